The van der Waals surface area contributed by atoms with Crippen LogP contribution in [-0.2, 0) is 38.0 Å². The standard InChI is InChI=1S/C54H88N2O20/c1-30-31(2)71-43(64)25-36(59)24-35(58)23-34(57)20-21-38(60)40(62)28-54(69)29-41(63)45(51(68)56-70)42(76-54)26-37(74-52-49(67)46(55)48(66)33(4)73-52)19-17-15-13-11-9-7-8-10-12-14-16-18-22-53(5,6)50(30)75-44-27-39(61)47(65)32(3)72-44/h7-9,11,13-19,22,30-42,44-50,52,57-63,65-67,69-70H,10,12,20-21,23-29,55H2,1-6H3,(H,56,68)/b8-7+,11-9+,15-13+,16-14+,19-17+,22-18+/t30-,31-,32-,33+,34+,35+,36+,37-,38+,39+,40+,41-,42-,44?,45+,46-,47-,48+,49-,50-,52-,54+/m0/s1. The first-order valence-electron chi connectivity index (χ1n) is 26.5. The van der Waals surface area contributed by atoms with Gasteiger partial charge in [0.05, 0.1) is 97.7 Å². The Balaban J connectivity index is 1.58. The molecule has 0 aromatic rings. The van der Waals surface area contributed by atoms with Gasteiger partial charge in [-0.1, -0.05) is 93.7 Å². The van der Waals surface area contributed by atoms with E-state index in [1.165, 1.54) is 18.5 Å². The van der Waals surface area contributed by atoms with E-state index in [1.807, 2.05) is 63.3 Å². The van der Waals surface area contributed by atoms with Crippen LogP contribution >= 0.6 is 0 Å². The Morgan fingerprint density at radius 2 is 1.28 bits per heavy atom. The molecule has 434 valence electrons. The van der Waals surface area contributed by atoms with E-state index < -0.39 is 170 Å². The van der Waals surface area contributed by atoms with Gasteiger partial charge >= 0.3 is 5.97 Å². The molecule has 3 saturated heterocycles. The number of cyclic esters (lactones) is 1. The third kappa shape index (κ3) is 20.1. The third-order valence-electron chi connectivity index (χ3n) is 14.6. The van der Waals surface area contributed by atoms with Crippen molar-refractivity contribution in [3.8, 4) is 0 Å². The van der Waals surface area contributed by atoms with Crippen LogP contribution in [0.15, 0.2) is 72.9 Å². The number of aliphatic hydroxyl groups is 11. The summed E-state index contributed by atoms with van der Waals surface area (Å²) >= 11 is 0. The van der Waals surface area contributed by atoms with E-state index in [0.717, 1.165) is 0 Å². The maximum Gasteiger partial charge on any atom is 0.308 e. The highest BCUT2D eigenvalue weighted by Crippen LogP contribution is 2.39. The molecule has 1 amide bonds. The van der Waals surface area contributed by atoms with E-state index in [1.54, 1.807) is 38.2 Å². The molecule has 0 aliphatic carbocycles. The van der Waals surface area contributed by atoms with Gasteiger partial charge in [-0.15, -0.1) is 0 Å². The Bertz CT molecular complexity index is 1940. The maximum atomic E-state index is 13.2. The molecule has 76 heavy (non-hydrogen) atoms. The molecule has 2 bridgehead atoms. The molecule has 4 heterocycles. The van der Waals surface area contributed by atoms with Gasteiger partial charge < -0.3 is 90.3 Å². The van der Waals surface area contributed by atoms with Gasteiger partial charge in [-0.05, 0) is 59.3 Å². The van der Waals surface area contributed by atoms with Crippen LogP contribution < -0.4 is 11.2 Å². The van der Waals surface area contributed by atoms with Crippen LogP contribution in [0.25, 0.3) is 0 Å². The number of ether oxygens (including phenoxy) is 6. The second-order valence-corrected chi connectivity index (χ2v) is 21.6. The summed E-state index contributed by atoms with van der Waals surface area (Å²) < 4.78 is 36.1. The molecule has 22 atom stereocenters. The molecule has 1 unspecified atom stereocenters. The van der Waals surface area contributed by atoms with Crippen LogP contribution in [0.2, 0.25) is 0 Å². The highest BCUT2D eigenvalue weighted by molar-refractivity contribution is 5.78. The molecule has 4 aliphatic heterocycles. The molecule has 3 fully saturated rings. The summed E-state index contributed by atoms with van der Waals surface area (Å²) in [5.74, 6) is -6.17. The van der Waals surface area contributed by atoms with Crippen LogP contribution in [0.1, 0.15) is 112 Å². The van der Waals surface area contributed by atoms with Crippen LogP contribution in [0.3, 0.4) is 0 Å². The van der Waals surface area contributed by atoms with Crippen molar-refractivity contribution < 1.29 is 99.4 Å². The molecule has 22 nitrogen and oxygen atoms in total. The summed E-state index contributed by atoms with van der Waals surface area (Å²) in [5, 5.41) is 129. The molecular formula is C54H88N2O20. The molecule has 22 heteroatoms. The summed E-state index contributed by atoms with van der Waals surface area (Å²) in [4.78, 5) is 26.2. The Morgan fingerprint density at radius 1 is 0.671 bits per heavy atom. The second-order valence-electron chi connectivity index (χ2n) is 21.6. The first-order chi connectivity index (χ1) is 35.7. The van der Waals surface area contributed by atoms with Crippen molar-refractivity contribution in [1.29, 1.82) is 0 Å². The minimum Gasteiger partial charge on any atom is -0.462 e. The number of allylic oxidation sites excluding steroid dienone is 10. The minimum atomic E-state index is -2.37. The summed E-state index contributed by atoms with van der Waals surface area (Å²) in [7, 11) is 0. The molecule has 15 N–H and O–H groups in total. The molecular weight excluding hydrogens is 997 g/mol. The lowest BCUT2D eigenvalue weighted by molar-refractivity contribution is -0.309. The van der Waals surface area contributed by atoms with Gasteiger partial charge in [0.1, 0.15) is 18.3 Å². The second kappa shape index (κ2) is 30.9. The molecule has 4 aliphatic rings. The molecule has 0 aromatic heterocycles. The topological polar surface area (TPSA) is 370 Å². The molecule has 4 rings (SSSR count). The number of carbonyl (C=O) groups is 2. The minimum absolute atomic E-state index is 0.00917. The van der Waals surface area contributed by atoms with E-state index in [4.69, 9.17) is 34.2 Å². The van der Waals surface area contributed by atoms with Crippen molar-refractivity contribution in [3.63, 3.8) is 0 Å². The lowest BCUT2D eigenvalue weighted by atomic mass is 9.77. The Kier molecular flexibility index (Phi) is 26.5. The zero-order valence-corrected chi connectivity index (χ0v) is 44.5. The summed E-state index contributed by atoms with van der Waals surface area (Å²) in [6, 6.07) is -1.16. The monoisotopic (exact) mass is 1080 g/mol. The molecule has 0 radical (unpaired) electrons. The lowest BCUT2D eigenvalue weighted by Crippen LogP contribution is -2.62. The predicted molar refractivity (Wildman–Crippen MR) is 274 cm³/mol. The number of carbonyl (C=O) groups excluding carboxylic acids is 2. The van der Waals surface area contributed by atoms with E-state index in [9.17, 15) is 71.0 Å². The number of nitrogens with two attached hydrogens (primary N) is 1. The van der Waals surface area contributed by atoms with Crippen LogP contribution in [0, 0.1) is 17.3 Å². The largest absolute Gasteiger partial charge is 0.462 e. The van der Waals surface area contributed by atoms with E-state index in [-0.39, 0.29) is 38.5 Å². The van der Waals surface area contributed by atoms with E-state index in [0.29, 0.717) is 12.8 Å². The Morgan fingerprint density at radius 3 is 1.93 bits per heavy atom. The van der Waals surface area contributed by atoms with Gasteiger partial charge in [0, 0.05) is 37.0 Å². The van der Waals surface area contributed by atoms with Gasteiger partial charge in [-0.3, -0.25) is 14.8 Å². The van der Waals surface area contributed by atoms with Gasteiger partial charge in [-0.2, -0.15) is 0 Å². The number of amides is 1. The number of hydrogen-bond acceptors (Lipinski definition) is 21. The summed E-state index contributed by atoms with van der Waals surface area (Å²) in [5.41, 5.74) is 6.87. The fourth-order valence-electron chi connectivity index (χ4n) is 9.99. The first kappa shape index (κ1) is 65.2. The smallest absolute Gasteiger partial charge is 0.308 e. The number of esters is 1. The van der Waals surface area contributed by atoms with Crippen LogP contribution in [-0.4, -0.2) is 195 Å². The highest BCUT2D eigenvalue weighted by Gasteiger charge is 2.51. The number of fused-ring (bicyclic) bond motifs is 2. The molecule has 0 spiro atoms. The van der Waals surface area contributed by atoms with E-state index >= 15 is 0 Å². The average Bonchev–Trinajstić information content (AvgIpc) is 3.33. The lowest BCUT2D eigenvalue weighted by Gasteiger charge is -2.46. The first-order valence-corrected chi connectivity index (χ1v) is 26.5. The van der Waals surface area contributed by atoms with Crippen molar-refractivity contribution in [2.24, 2.45) is 23.0 Å². The van der Waals surface area contributed by atoms with Gasteiger partial charge in [0.25, 0.3) is 5.91 Å². The zero-order chi connectivity index (χ0) is 56.5. The van der Waals surface area contributed by atoms with Crippen molar-refractivity contribution >= 4 is 11.9 Å². The van der Waals surface area contributed by atoms with Crippen LogP contribution in [0.5, 0.6) is 0 Å². The summed E-state index contributed by atoms with van der Waals surface area (Å²) in [6.07, 6.45) is -1.72. The van der Waals surface area contributed by atoms with Gasteiger partial charge in [0.15, 0.2) is 18.4 Å². The predicted octanol–water partition coefficient (Wildman–Crippen LogP) is 0.628. The van der Waals surface area contributed by atoms with Crippen molar-refractivity contribution in [2.45, 2.75) is 234 Å². The van der Waals surface area contributed by atoms with Crippen molar-refractivity contribution in [3.05, 3.63) is 72.9 Å². The normalized spacial score (nSPS) is 45.2. The van der Waals surface area contributed by atoms with Crippen molar-refractivity contribution in [2.75, 3.05) is 0 Å². The number of nitrogens with one attached hydrogen (secondary N) is 1. The van der Waals surface area contributed by atoms with Gasteiger partial charge in [-0.25, -0.2) is 5.48 Å². The fraction of sp³-hybridized carbons (Fsp3) is 0.741. The molecule has 0 saturated carbocycles. The average molecular weight is 1090 g/mol. The Hall–Kier alpha value is -3.34. The third-order valence-corrected chi connectivity index (χ3v) is 14.6. The number of hydroxylamine groups is 1. The fourth-order valence-corrected chi connectivity index (χ4v) is 9.99. The van der Waals surface area contributed by atoms with Crippen molar-refractivity contribution in [1.82, 2.24) is 5.48 Å². The van der Waals surface area contributed by atoms with Gasteiger partial charge in [0.2, 0.25) is 0 Å². The molecule has 0 aromatic carbocycles. The van der Waals surface area contributed by atoms with E-state index in [2.05, 4.69) is 0 Å². The highest BCUT2D eigenvalue weighted by atomic mass is 16.7. The maximum absolute atomic E-state index is 13.2. The zero-order valence-electron chi connectivity index (χ0n) is 44.5. The SMILES string of the molecule is C[C@H]1[C@H](C)OC(=O)C[C@H](O)C[C@H](O)C[C@H](O)CC[C@@H](O)[C@H](O)C[C@]2(O)C[C@H](O)[C@@H](C(=O)NO)[C@H](C[C@@H](O[C@@H]3O[C@H](C)[C@@H](O)[C@H](N)[C@@H]3O)/C=C/C=C/C=C/C=C/CC/C=C/C=C/C(C)(C)[C@H]1OC1C[C@@H](O)[C@@H](O)[C@H](C)O1)O2. The van der Waals surface area contributed by atoms with Crippen LogP contribution in [0.4, 0.5) is 0 Å². The summed E-state index contributed by atoms with van der Waals surface area (Å²) in [6.45, 7) is 10.6. The Labute approximate surface area is 445 Å². The number of hydrogen-bond donors (Lipinski definition) is 14. The number of rotatable bonds is 5. The number of aliphatic hydroxyl groups excluding tert-OH is 10. The quantitative estimate of drug-likeness (QED) is 0.102.